The van der Waals surface area contributed by atoms with Crippen LogP contribution in [0.3, 0.4) is 0 Å². The number of carbonyl (C=O) groups is 1. The number of amides is 1. The number of aromatic nitrogens is 4. The van der Waals surface area contributed by atoms with Crippen LogP contribution < -0.4 is 11.1 Å². The minimum absolute atomic E-state index is 0. The number of halogens is 2. The van der Waals surface area contributed by atoms with Crippen LogP contribution in [-0.2, 0) is 17.8 Å². The summed E-state index contributed by atoms with van der Waals surface area (Å²) in [4.78, 5) is 13.8. The third-order valence-electron chi connectivity index (χ3n) is 4.66. The summed E-state index contributed by atoms with van der Waals surface area (Å²) in [6.45, 7) is 0.0153. The molecule has 0 saturated heterocycles. The third kappa shape index (κ3) is 4.43. The average Bonchev–Trinajstić information content (AvgIpc) is 3.10. The number of tetrazole rings is 1. The molecule has 7 nitrogen and oxygen atoms in total. The molecular weight excluding hydrogens is 399 g/mol. The zero-order valence-corrected chi connectivity index (χ0v) is 16.6. The first-order valence-corrected chi connectivity index (χ1v) is 9.18. The third-order valence-corrected chi connectivity index (χ3v) is 4.91. The van der Waals surface area contributed by atoms with Crippen molar-refractivity contribution in [1.29, 1.82) is 0 Å². The molecule has 0 aliphatic heterocycles. The van der Waals surface area contributed by atoms with E-state index in [0.717, 1.165) is 36.1 Å². The van der Waals surface area contributed by atoms with E-state index in [9.17, 15) is 4.79 Å². The number of nitrogen functional groups attached to an aromatic ring is 1. The molecule has 28 heavy (non-hydrogen) atoms. The lowest BCUT2D eigenvalue weighted by Gasteiger charge is -2.26. The minimum Gasteiger partial charge on any atom is -0.399 e. The average molecular weight is 419 g/mol. The van der Waals surface area contributed by atoms with Gasteiger partial charge < -0.3 is 11.1 Å². The van der Waals surface area contributed by atoms with E-state index in [1.165, 1.54) is 10.4 Å². The van der Waals surface area contributed by atoms with Gasteiger partial charge in [0.15, 0.2) is 0 Å². The predicted molar refractivity (Wildman–Crippen MR) is 110 cm³/mol. The molecule has 1 aliphatic carbocycles. The molecular formula is C19H20Cl2N6O. The summed E-state index contributed by atoms with van der Waals surface area (Å²) < 4.78 is 0. The van der Waals surface area contributed by atoms with Gasteiger partial charge in [-0.25, -0.2) is 0 Å². The van der Waals surface area contributed by atoms with E-state index in [1.807, 2.05) is 30.3 Å². The second-order valence-corrected chi connectivity index (χ2v) is 7.06. The van der Waals surface area contributed by atoms with Crippen LogP contribution in [0.15, 0.2) is 42.5 Å². The molecule has 0 fully saturated rings. The van der Waals surface area contributed by atoms with Crippen LogP contribution in [0.5, 0.6) is 0 Å². The SMILES string of the molecule is Cl.Nc1ccc2c(c1)CCCC2NC(=O)Cn1nnc(-c2ccc(Cl)cc2)n1. The van der Waals surface area contributed by atoms with Crippen molar-refractivity contribution >= 4 is 35.6 Å². The van der Waals surface area contributed by atoms with Crippen LogP contribution in [0.1, 0.15) is 30.0 Å². The molecule has 1 aromatic heterocycles. The Morgan fingerprint density at radius 2 is 2.04 bits per heavy atom. The van der Waals surface area contributed by atoms with E-state index < -0.39 is 0 Å². The second kappa shape index (κ2) is 8.58. The number of nitrogens with one attached hydrogen (secondary N) is 1. The summed E-state index contributed by atoms with van der Waals surface area (Å²) in [6, 6.07) is 13.0. The number of hydrogen-bond acceptors (Lipinski definition) is 5. The number of carbonyl (C=O) groups excluding carboxylic acids is 1. The summed E-state index contributed by atoms with van der Waals surface area (Å²) in [5, 5.41) is 16.0. The Bertz CT molecular complexity index is 973. The quantitative estimate of drug-likeness (QED) is 0.633. The fourth-order valence-electron chi connectivity index (χ4n) is 3.38. The molecule has 0 radical (unpaired) electrons. The minimum atomic E-state index is -0.148. The molecule has 1 heterocycles. The van der Waals surface area contributed by atoms with Crippen molar-refractivity contribution in [2.45, 2.75) is 31.8 Å². The maximum Gasteiger partial charge on any atom is 0.244 e. The molecule has 1 aliphatic rings. The molecule has 0 spiro atoms. The Morgan fingerprint density at radius 1 is 1.25 bits per heavy atom. The Hall–Kier alpha value is -2.64. The van der Waals surface area contributed by atoms with Gasteiger partial charge in [-0.2, -0.15) is 4.80 Å². The number of anilines is 1. The zero-order valence-electron chi connectivity index (χ0n) is 15.0. The second-order valence-electron chi connectivity index (χ2n) is 6.62. The first-order valence-electron chi connectivity index (χ1n) is 8.80. The summed E-state index contributed by atoms with van der Waals surface area (Å²) in [5.41, 5.74) is 9.76. The monoisotopic (exact) mass is 418 g/mol. The topological polar surface area (TPSA) is 98.7 Å². The summed E-state index contributed by atoms with van der Waals surface area (Å²) in [7, 11) is 0. The van der Waals surface area contributed by atoms with Gasteiger partial charge in [-0.1, -0.05) is 17.7 Å². The van der Waals surface area contributed by atoms with Crippen molar-refractivity contribution < 1.29 is 4.79 Å². The van der Waals surface area contributed by atoms with Crippen LogP contribution >= 0.6 is 24.0 Å². The van der Waals surface area contributed by atoms with Crippen molar-refractivity contribution in [3.63, 3.8) is 0 Å². The Kier molecular flexibility index (Phi) is 6.16. The molecule has 1 atom stereocenters. The van der Waals surface area contributed by atoms with E-state index in [2.05, 4.69) is 20.7 Å². The highest BCUT2D eigenvalue weighted by Crippen LogP contribution is 2.30. The Labute approximate surface area is 173 Å². The van der Waals surface area contributed by atoms with Gasteiger partial charge >= 0.3 is 0 Å². The Morgan fingerprint density at radius 3 is 2.82 bits per heavy atom. The number of nitrogens with zero attached hydrogens (tertiary/aromatic N) is 4. The number of nitrogens with two attached hydrogens (primary N) is 1. The van der Waals surface area contributed by atoms with Gasteiger partial charge in [0.2, 0.25) is 11.7 Å². The number of rotatable bonds is 4. The molecule has 9 heteroatoms. The van der Waals surface area contributed by atoms with Crippen LogP contribution in [0, 0.1) is 0 Å². The van der Waals surface area contributed by atoms with Crippen molar-refractivity contribution in [3.05, 3.63) is 58.6 Å². The number of aryl methyl sites for hydroxylation is 1. The van der Waals surface area contributed by atoms with Gasteiger partial charge in [0.25, 0.3) is 0 Å². The Balaban J connectivity index is 0.00000225. The van der Waals surface area contributed by atoms with Crippen molar-refractivity contribution in [2.75, 3.05) is 5.73 Å². The lowest BCUT2D eigenvalue weighted by Crippen LogP contribution is -2.34. The molecule has 0 saturated carbocycles. The summed E-state index contributed by atoms with van der Waals surface area (Å²) in [6.07, 6.45) is 2.91. The van der Waals surface area contributed by atoms with Crippen LogP contribution in [-0.4, -0.2) is 26.1 Å². The van der Waals surface area contributed by atoms with E-state index in [0.29, 0.717) is 10.8 Å². The van der Waals surface area contributed by atoms with Gasteiger partial charge in [0, 0.05) is 16.3 Å². The summed E-state index contributed by atoms with van der Waals surface area (Å²) in [5.74, 6) is 0.308. The molecule has 1 amide bonds. The predicted octanol–water partition coefficient (Wildman–Crippen LogP) is 3.19. The van der Waals surface area contributed by atoms with Crippen molar-refractivity contribution in [3.8, 4) is 11.4 Å². The molecule has 1 unspecified atom stereocenters. The zero-order chi connectivity index (χ0) is 18.8. The number of benzene rings is 2. The van der Waals surface area contributed by atoms with Crippen molar-refractivity contribution in [1.82, 2.24) is 25.5 Å². The van der Waals surface area contributed by atoms with Gasteiger partial charge in [0.1, 0.15) is 6.54 Å². The highest BCUT2D eigenvalue weighted by Gasteiger charge is 2.22. The highest BCUT2D eigenvalue weighted by atomic mass is 35.5. The molecule has 146 valence electrons. The first kappa shape index (κ1) is 20.1. The van der Waals surface area contributed by atoms with E-state index in [4.69, 9.17) is 17.3 Å². The fraction of sp³-hybridized carbons (Fsp3) is 0.263. The maximum atomic E-state index is 12.5. The lowest BCUT2D eigenvalue weighted by molar-refractivity contribution is -0.122. The smallest absolute Gasteiger partial charge is 0.244 e. The van der Waals surface area contributed by atoms with E-state index in [1.54, 1.807) is 12.1 Å². The van der Waals surface area contributed by atoms with Gasteiger partial charge in [0.05, 0.1) is 6.04 Å². The molecule has 0 bridgehead atoms. The van der Waals surface area contributed by atoms with Crippen molar-refractivity contribution in [2.24, 2.45) is 0 Å². The largest absolute Gasteiger partial charge is 0.399 e. The molecule has 3 N–H and O–H groups in total. The van der Waals surface area contributed by atoms with Gasteiger partial charge in [-0.3, -0.25) is 4.79 Å². The van der Waals surface area contributed by atoms with E-state index in [-0.39, 0.29) is 30.9 Å². The summed E-state index contributed by atoms with van der Waals surface area (Å²) >= 11 is 5.89. The number of fused-ring (bicyclic) bond motifs is 1. The van der Waals surface area contributed by atoms with Crippen LogP contribution in [0.25, 0.3) is 11.4 Å². The first-order chi connectivity index (χ1) is 13.1. The normalized spacial score (nSPS) is 15.4. The van der Waals surface area contributed by atoms with E-state index >= 15 is 0 Å². The highest BCUT2D eigenvalue weighted by molar-refractivity contribution is 6.30. The van der Waals surface area contributed by atoms with Gasteiger partial charge in [-0.15, -0.1) is 22.6 Å². The maximum absolute atomic E-state index is 12.5. The van der Waals surface area contributed by atoms with Crippen LogP contribution in [0.4, 0.5) is 5.69 Å². The standard InChI is InChI=1S/C19H19ClN6O.ClH/c20-14-6-4-12(5-7-14)19-23-25-26(24-19)11-18(27)22-17-3-1-2-13-10-15(21)8-9-16(13)17;/h4-10,17H,1-3,11,21H2,(H,22,27);1H. The van der Waals surface area contributed by atoms with Crippen LogP contribution in [0.2, 0.25) is 5.02 Å². The van der Waals surface area contributed by atoms with Gasteiger partial charge in [-0.05, 0) is 72.0 Å². The molecule has 4 rings (SSSR count). The molecule has 2 aromatic carbocycles. The molecule has 3 aromatic rings. The fourth-order valence-corrected chi connectivity index (χ4v) is 3.50. The number of hydrogen-bond donors (Lipinski definition) is 2. The lowest BCUT2D eigenvalue weighted by atomic mass is 9.87.